The predicted molar refractivity (Wildman–Crippen MR) is 299 cm³/mol. The van der Waals surface area contributed by atoms with Crippen LogP contribution in [0.15, 0.2) is 109 Å². The van der Waals surface area contributed by atoms with Gasteiger partial charge in [-0.2, -0.15) is 0 Å². The smallest absolute Gasteiger partial charge is 0.0634 e. The minimum atomic E-state index is -0.0267. The number of hydrogen-bond acceptors (Lipinski definition) is 0. The molecule has 0 unspecified atom stereocenters. The molecule has 2 heteroatoms. The maximum atomic E-state index is 2.64. The highest BCUT2D eigenvalue weighted by atomic mass is 14.9. The normalized spacial score (nSPS) is 14.0. The van der Waals surface area contributed by atoms with E-state index in [0.717, 1.165) is 0 Å². The van der Waals surface area contributed by atoms with E-state index < -0.39 is 0 Å². The summed E-state index contributed by atoms with van der Waals surface area (Å²) in [6, 6.07) is 44.0. The second kappa shape index (κ2) is 13.9. The molecule has 11 rings (SSSR count). The molecule has 0 N–H and O–H groups in total. The second-order valence-electron chi connectivity index (χ2n) is 26.8. The van der Waals surface area contributed by atoms with Crippen molar-refractivity contribution in [2.24, 2.45) is 0 Å². The van der Waals surface area contributed by atoms with Crippen molar-refractivity contribution in [1.29, 1.82) is 0 Å². The first-order chi connectivity index (χ1) is 31.5. The predicted octanol–water partition coefficient (Wildman–Crippen LogP) is 19.1. The minimum Gasteiger partial charge on any atom is -0.308 e. The van der Waals surface area contributed by atoms with Gasteiger partial charge in [0, 0.05) is 43.1 Å². The first-order valence-electron chi connectivity index (χ1n) is 25.3. The summed E-state index contributed by atoms with van der Waals surface area (Å²) >= 11 is 0. The third-order valence-corrected chi connectivity index (χ3v) is 15.7. The number of hydrogen-bond donors (Lipinski definition) is 0. The maximum Gasteiger partial charge on any atom is 0.0634 e. The van der Waals surface area contributed by atoms with Gasteiger partial charge >= 0.3 is 0 Å². The van der Waals surface area contributed by atoms with E-state index in [0.29, 0.717) is 0 Å². The van der Waals surface area contributed by atoms with E-state index in [1.54, 1.807) is 0 Å². The molecule has 0 radical (unpaired) electrons. The van der Waals surface area contributed by atoms with E-state index in [9.17, 15) is 0 Å². The summed E-state index contributed by atoms with van der Waals surface area (Å²) in [7, 11) is 0. The fourth-order valence-electron chi connectivity index (χ4n) is 11.8. The van der Waals surface area contributed by atoms with Gasteiger partial charge in [0.1, 0.15) is 0 Å². The van der Waals surface area contributed by atoms with Crippen molar-refractivity contribution < 1.29 is 0 Å². The van der Waals surface area contributed by atoms with Gasteiger partial charge in [-0.3, -0.25) is 0 Å². The zero-order valence-electron chi connectivity index (χ0n) is 44.3. The largest absolute Gasteiger partial charge is 0.308 e. The summed E-state index contributed by atoms with van der Waals surface area (Å²) in [5.74, 6) is 0. The van der Waals surface area contributed by atoms with Gasteiger partial charge in [0.15, 0.2) is 0 Å². The standard InChI is InChI=1S/C66H72N2/c1-61(2,3)39-21-25-49(65(13,14)15)43(33-39)37-19-27-51-45(31-37)55-57-47-35-41(63(7,8)9)24-30-54(47)68-52-28-20-38(44-34-40(62(4,5)6)22-26-50(44)66(16,17)18)32-46(52)56(60(57)68)58-48-36-42(64(10,11)12)23-29-53(48)67(51)59(55)58/h19-36H,1-18H3. The van der Waals surface area contributed by atoms with Crippen LogP contribution in [0.3, 0.4) is 0 Å². The van der Waals surface area contributed by atoms with Crippen molar-refractivity contribution in [2.75, 3.05) is 0 Å². The first-order valence-corrected chi connectivity index (χ1v) is 25.3. The van der Waals surface area contributed by atoms with Crippen molar-refractivity contribution in [2.45, 2.75) is 157 Å². The van der Waals surface area contributed by atoms with Crippen LogP contribution in [-0.2, 0) is 32.5 Å². The highest BCUT2D eigenvalue weighted by molar-refractivity contribution is 6.45. The molecule has 0 atom stereocenters. The van der Waals surface area contributed by atoms with Crippen molar-refractivity contribution >= 4 is 76.2 Å². The van der Waals surface area contributed by atoms with Crippen LogP contribution in [0.25, 0.3) is 98.4 Å². The van der Waals surface area contributed by atoms with Crippen LogP contribution in [0.5, 0.6) is 0 Å². The number of benzene rings is 7. The van der Waals surface area contributed by atoms with Gasteiger partial charge in [-0.15, -0.1) is 0 Å². The zero-order chi connectivity index (χ0) is 48.7. The molecule has 4 aromatic heterocycles. The average Bonchev–Trinajstić information content (AvgIpc) is 3.96. The van der Waals surface area contributed by atoms with E-state index in [4.69, 9.17) is 0 Å². The van der Waals surface area contributed by atoms with Gasteiger partial charge in [-0.1, -0.05) is 185 Å². The summed E-state index contributed by atoms with van der Waals surface area (Å²) in [6.07, 6.45) is 0. The van der Waals surface area contributed by atoms with Crippen LogP contribution in [0.4, 0.5) is 0 Å². The summed E-state index contributed by atoms with van der Waals surface area (Å²) in [5.41, 5.74) is 21.2. The van der Waals surface area contributed by atoms with E-state index in [1.165, 1.54) is 132 Å². The molecule has 0 bridgehead atoms. The molecular weight excluding hydrogens is 821 g/mol. The Bertz CT molecular complexity index is 3610. The molecule has 4 heterocycles. The number of aromatic nitrogens is 2. The van der Waals surface area contributed by atoms with Crippen molar-refractivity contribution in [1.82, 2.24) is 8.80 Å². The van der Waals surface area contributed by atoms with Crippen molar-refractivity contribution in [3.05, 3.63) is 143 Å². The van der Waals surface area contributed by atoms with Gasteiger partial charge in [0.05, 0.1) is 33.1 Å². The summed E-state index contributed by atoms with van der Waals surface area (Å²) < 4.78 is 5.28. The molecule has 0 aliphatic heterocycles. The van der Waals surface area contributed by atoms with E-state index >= 15 is 0 Å². The lowest BCUT2D eigenvalue weighted by molar-refractivity contribution is 0.578. The van der Waals surface area contributed by atoms with Crippen LogP contribution in [0.2, 0.25) is 0 Å². The van der Waals surface area contributed by atoms with Gasteiger partial charge in [-0.05, 0) is 137 Å². The molecule has 0 aliphatic rings. The number of fused-ring (bicyclic) bond motifs is 14. The van der Waals surface area contributed by atoms with E-state index in [1.807, 2.05) is 0 Å². The quantitative estimate of drug-likeness (QED) is 0.163. The Morgan fingerprint density at radius 3 is 0.824 bits per heavy atom. The van der Waals surface area contributed by atoms with Crippen LogP contribution in [0.1, 0.15) is 158 Å². The maximum absolute atomic E-state index is 2.64. The lowest BCUT2D eigenvalue weighted by Crippen LogP contribution is -2.16. The Hall–Kier alpha value is -5.86. The van der Waals surface area contributed by atoms with Gasteiger partial charge in [-0.25, -0.2) is 0 Å². The van der Waals surface area contributed by atoms with Gasteiger partial charge in [0.2, 0.25) is 0 Å². The van der Waals surface area contributed by atoms with Crippen LogP contribution < -0.4 is 0 Å². The molecule has 0 spiro atoms. The molecule has 2 nitrogen and oxygen atoms in total. The van der Waals surface area contributed by atoms with Crippen LogP contribution in [0, 0.1) is 0 Å². The molecule has 0 amide bonds. The first kappa shape index (κ1) is 44.6. The highest BCUT2D eigenvalue weighted by Crippen LogP contribution is 2.54. The zero-order valence-corrected chi connectivity index (χ0v) is 44.3. The fraction of sp³-hybridized carbons (Fsp3) is 0.364. The molecular formula is C66H72N2. The van der Waals surface area contributed by atoms with E-state index in [-0.39, 0.29) is 32.5 Å². The topological polar surface area (TPSA) is 8.82 Å². The van der Waals surface area contributed by atoms with Crippen LogP contribution >= 0.6 is 0 Å². The lowest BCUT2D eigenvalue weighted by atomic mass is 9.77. The van der Waals surface area contributed by atoms with Crippen molar-refractivity contribution in [3.8, 4) is 22.3 Å². The number of rotatable bonds is 2. The molecule has 346 valence electrons. The summed E-state index contributed by atoms with van der Waals surface area (Å²) in [5, 5.41) is 10.8. The second-order valence-corrected chi connectivity index (χ2v) is 26.8. The monoisotopic (exact) mass is 893 g/mol. The molecule has 68 heavy (non-hydrogen) atoms. The Kier molecular flexibility index (Phi) is 9.12. The van der Waals surface area contributed by atoms with Gasteiger partial charge in [0.25, 0.3) is 0 Å². The average molecular weight is 893 g/mol. The third kappa shape index (κ3) is 6.48. The van der Waals surface area contributed by atoms with Gasteiger partial charge < -0.3 is 8.80 Å². The molecule has 0 fully saturated rings. The SMILES string of the molecule is CC(C)(C)c1ccc(C(C)(C)C)c(-c2ccc3c(c2)c2c4c5cc(C(C)(C)C)ccc5n5c6ccc(-c7cc(C(C)(C)C)ccc7C(C)(C)C)cc6c(c6c7cc(C(C)(C)C)ccc7n3c26)c45)c1. The Balaban J connectivity index is 1.38. The molecule has 0 aliphatic carbocycles. The third-order valence-electron chi connectivity index (χ3n) is 15.7. The lowest BCUT2D eigenvalue weighted by Gasteiger charge is -2.27. The van der Waals surface area contributed by atoms with Crippen molar-refractivity contribution in [3.63, 3.8) is 0 Å². The summed E-state index contributed by atoms with van der Waals surface area (Å²) in [6.45, 7) is 42.3. The Morgan fingerprint density at radius 2 is 0.529 bits per heavy atom. The molecule has 0 saturated carbocycles. The Morgan fingerprint density at radius 1 is 0.265 bits per heavy atom. The minimum absolute atomic E-state index is 0.00999. The summed E-state index contributed by atoms with van der Waals surface area (Å²) in [4.78, 5) is 0. The number of nitrogens with zero attached hydrogens (tertiary/aromatic N) is 2. The molecule has 0 saturated heterocycles. The fourth-order valence-corrected chi connectivity index (χ4v) is 11.8. The van der Waals surface area contributed by atoms with Crippen LogP contribution in [-0.4, -0.2) is 8.80 Å². The highest BCUT2D eigenvalue weighted by Gasteiger charge is 2.32. The molecule has 11 aromatic rings. The molecule has 7 aromatic carbocycles. The van der Waals surface area contributed by atoms with E-state index in [2.05, 4.69) is 243 Å². The Labute approximate surface area is 405 Å².